The summed E-state index contributed by atoms with van der Waals surface area (Å²) in [6.45, 7) is 8.77. The summed E-state index contributed by atoms with van der Waals surface area (Å²) < 4.78 is 0. The predicted octanol–water partition coefficient (Wildman–Crippen LogP) is 3.83. The zero-order chi connectivity index (χ0) is 9.40. The molecule has 0 aliphatic carbocycles. The molecule has 0 amide bonds. The zero-order valence-corrected chi connectivity index (χ0v) is 9.06. The van der Waals surface area contributed by atoms with Crippen LogP contribution >= 0.6 is 0 Å². The normalized spacial score (nSPS) is 12.6. The standard InChI is InChI=1S/C11H23N/c1-5-7-9-11(8-6-2)12-10(3)4/h10H,5-9H2,1-4H3/b12-11-. The highest BCUT2D eigenvalue weighted by Crippen LogP contribution is 2.05. The van der Waals surface area contributed by atoms with E-state index in [1.165, 1.54) is 37.8 Å². The van der Waals surface area contributed by atoms with Gasteiger partial charge in [0.15, 0.2) is 0 Å². The van der Waals surface area contributed by atoms with Crippen LogP contribution in [0.1, 0.15) is 59.8 Å². The van der Waals surface area contributed by atoms with Crippen LogP contribution in [0.15, 0.2) is 4.99 Å². The van der Waals surface area contributed by atoms with E-state index in [9.17, 15) is 0 Å². The Kier molecular flexibility index (Phi) is 7.12. The molecule has 0 aliphatic heterocycles. The summed E-state index contributed by atoms with van der Waals surface area (Å²) in [6.07, 6.45) is 6.21. The van der Waals surface area contributed by atoms with E-state index in [0.717, 1.165) is 0 Å². The highest BCUT2D eigenvalue weighted by Gasteiger charge is 1.98. The fourth-order valence-corrected chi connectivity index (χ4v) is 1.29. The molecule has 0 N–H and O–H groups in total. The van der Waals surface area contributed by atoms with E-state index in [1.807, 2.05) is 0 Å². The van der Waals surface area contributed by atoms with Gasteiger partial charge in [0.1, 0.15) is 0 Å². The molecule has 0 saturated carbocycles. The highest BCUT2D eigenvalue weighted by atomic mass is 14.8. The minimum Gasteiger partial charge on any atom is -0.291 e. The van der Waals surface area contributed by atoms with E-state index in [-0.39, 0.29) is 0 Å². The number of unbranched alkanes of at least 4 members (excludes halogenated alkanes) is 1. The summed E-state index contributed by atoms with van der Waals surface area (Å²) in [5.41, 5.74) is 1.43. The van der Waals surface area contributed by atoms with Gasteiger partial charge in [-0.25, -0.2) is 0 Å². The number of nitrogens with zero attached hydrogens (tertiary/aromatic N) is 1. The van der Waals surface area contributed by atoms with Crippen LogP contribution in [0, 0.1) is 0 Å². The van der Waals surface area contributed by atoms with Gasteiger partial charge in [-0.15, -0.1) is 0 Å². The molecule has 12 heavy (non-hydrogen) atoms. The van der Waals surface area contributed by atoms with Crippen molar-refractivity contribution < 1.29 is 0 Å². The first-order valence-electron chi connectivity index (χ1n) is 5.26. The summed E-state index contributed by atoms with van der Waals surface area (Å²) in [7, 11) is 0. The van der Waals surface area contributed by atoms with Crippen LogP contribution < -0.4 is 0 Å². The molecular weight excluding hydrogens is 146 g/mol. The monoisotopic (exact) mass is 169 g/mol. The summed E-state index contributed by atoms with van der Waals surface area (Å²) in [5.74, 6) is 0. The Morgan fingerprint density at radius 3 is 2.17 bits per heavy atom. The lowest BCUT2D eigenvalue weighted by Crippen LogP contribution is -2.02. The molecule has 0 unspecified atom stereocenters. The molecule has 0 bridgehead atoms. The SMILES string of the molecule is CCCC/C(CCC)=N\C(C)C. The van der Waals surface area contributed by atoms with Crippen molar-refractivity contribution in [1.82, 2.24) is 0 Å². The number of hydrogen-bond acceptors (Lipinski definition) is 1. The Morgan fingerprint density at radius 2 is 1.75 bits per heavy atom. The van der Waals surface area contributed by atoms with Crippen LogP contribution in [0.3, 0.4) is 0 Å². The lowest BCUT2D eigenvalue weighted by atomic mass is 10.1. The minimum absolute atomic E-state index is 0.475. The molecule has 0 saturated heterocycles. The Labute approximate surface area is 77.3 Å². The van der Waals surface area contributed by atoms with Gasteiger partial charge >= 0.3 is 0 Å². The third-order valence-corrected chi connectivity index (χ3v) is 1.80. The number of rotatable bonds is 6. The Morgan fingerprint density at radius 1 is 1.08 bits per heavy atom. The van der Waals surface area contributed by atoms with Gasteiger partial charge in [-0.3, -0.25) is 4.99 Å². The van der Waals surface area contributed by atoms with Crippen LogP contribution in [0.5, 0.6) is 0 Å². The maximum atomic E-state index is 4.62. The van der Waals surface area contributed by atoms with Crippen molar-refractivity contribution in [2.24, 2.45) is 4.99 Å². The Bertz CT molecular complexity index is 125. The summed E-state index contributed by atoms with van der Waals surface area (Å²) in [6, 6.07) is 0.475. The van der Waals surface area contributed by atoms with Crippen molar-refractivity contribution in [3.8, 4) is 0 Å². The maximum Gasteiger partial charge on any atom is 0.0442 e. The van der Waals surface area contributed by atoms with E-state index >= 15 is 0 Å². The number of hydrogen-bond donors (Lipinski definition) is 0. The Balaban J connectivity index is 3.85. The molecule has 0 radical (unpaired) electrons. The quantitative estimate of drug-likeness (QED) is 0.536. The molecular formula is C11H23N. The second kappa shape index (κ2) is 7.33. The van der Waals surface area contributed by atoms with E-state index in [1.54, 1.807) is 0 Å². The average Bonchev–Trinajstić information content (AvgIpc) is 2.00. The first-order valence-corrected chi connectivity index (χ1v) is 5.26. The Hall–Kier alpha value is -0.330. The van der Waals surface area contributed by atoms with Gasteiger partial charge in [-0.05, 0) is 33.1 Å². The van der Waals surface area contributed by atoms with Gasteiger partial charge in [-0.1, -0.05) is 26.7 Å². The van der Waals surface area contributed by atoms with E-state index in [2.05, 4.69) is 32.7 Å². The van der Waals surface area contributed by atoms with Crippen LogP contribution in [0.2, 0.25) is 0 Å². The van der Waals surface area contributed by atoms with Crippen molar-refractivity contribution in [3.63, 3.8) is 0 Å². The largest absolute Gasteiger partial charge is 0.291 e. The molecule has 72 valence electrons. The van der Waals surface area contributed by atoms with Gasteiger partial charge < -0.3 is 0 Å². The third-order valence-electron chi connectivity index (χ3n) is 1.80. The van der Waals surface area contributed by atoms with Crippen LogP contribution in [0.4, 0.5) is 0 Å². The zero-order valence-electron chi connectivity index (χ0n) is 9.06. The molecule has 0 aliphatic rings. The number of aliphatic imine (C=N–C) groups is 1. The van der Waals surface area contributed by atoms with Gasteiger partial charge in [-0.2, -0.15) is 0 Å². The van der Waals surface area contributed by atoms with Crippen LogP contribution in [-0.2, 0) is 0 Å². The topological polar surface area (TPSA) is 12.4 Å². The van der Waals surface area contributed by atoms with E-state index < -0.39 is 0 Å². The molecule has 0 aromatic heterocycles. The molecule has 0 aromatic rings. The average molecular weight is 169 g/mol. The van der Waals surface area contributed by atoms with E-state index in [4.69, 9.17) is 0 Å². The lowest BCUT2D eigenvalue weighted by Gasteiger charge is -2.06. The smallest absolute Gasteiger partial charge is 0.0442 e. The molecule has 1 heteroatoms. The van der Waals surface area contributed by atoms with E-state index in [0.29, 0.717) is 6.04 Å². The molecule has 0 atom stereocenters. The summed E-state index contributed by atoms with van der Waals surface area (Å²) in [4.78, 5) is 4.62. The minimum atomic E-state index is 0.475. The van der Waals surface area contributed by atoms with Crippen molar-refractivity contribution >= 4 is 5.71 Å². The maximum absolute atomic E-state index is 4.62. The van der Waals surface area contributed by atoms with Gasteiger partial charge in [0.2, 0.25) is 0 Å². The summed E-state index contributed by atoms with van der Waals surface area (Å²) in [5, 5.41) is 0. The second-order valence-corrected chi connectivity index (χ2v) is 3.64. The fraction of sp³-hybridized carbons (Fsp3) is 0.909. The molecule has 1 nitrogen and oxygen atoms in total. The first-order chi connectivity index (χ1) is 5.70. The fourth-order valence-electron chi connectivity index (χ4n) is 1.29. The molecule has 0 spiro atoms. The van der Waals surface area contributed by atoms with Gasteiger partial charge in [0.05, 0.1) is 0 Å². The van der Waals surface area contributed by atoms with Gasteiger partial charge in [0, 0.05) is 11.8 Å². The molecule has 0 fully saturated rings. The van der Waals surface area contributed by atoms with Crippen LogP contribution in [0.25, 0.3) is 0 Å². The van der Waals surface area contributed by atoms with Gasteiger partial charge in [0.25, 0.3) is 0 Å². The molecule has 0 heterocycles. The second-order valence-electron chi connectivity index (χ2n) is 3.64. The van der Waals surface area contributed by atoms with Crippen molar-refractivity contribution in [1.29, 1.82) is 0 Å². The molecule has 0 aromatic carbocycles. The first kappa shape index (κ1) is 11.7. The van der Waals surface area contributed by atoms with Crippen molar-refractivity contribution in [3.05, 3.63) is 0 Å². The summed E-state index contributed by atoms with van der Waals surface area (Å²) >= 11 is 0. The van der Waals surface area contributed by atoms with Crippen molar-refractivity contribution in [2.45, 2.75) is 65.8 Å². The third kappa shape index (κ3) is 6.38. The predicted molar refractivity (Wildman–Crippen MR) is 57.0 cm³/mol. The van der Waals surface area contributed by atoms with Crippen molar-refractivity contribution in [2.75, 3.05) is 0 Å². The highest BCUT2D eigenvalue weighted by molar-refractivity contribution is 5.84. The van der Waals surface area contributed by atoms with Crippen LogP contribution in [-0.4, -0.2) is 11.8 Å². The lowest BCUT2D eigenvalue weighted by molar-refractivity contribution is 0.778. The molecule has 0 rings (SSSR count).